The number of amides is 1. The van der Waals surface area contributed by atoms with Crippen LogP contribution in [-0.2, 0) is 14.6 Å². The van der Waals surface area contributed by atoms with Crippen molar-refractivity contribution in [2.45, 2.75) is 22.8 Å². The average Bonchev–Trinajstić information content (AvgIpc) is 2.57. The Morgan fingerprint density at radius 3 is 2.38 bits per heavy atom. The maximum atomic E-state index is 13.0. The summed E-state index contributed by atoms with van der Waals surface area (Å²) >= 11 is 0. The maximum absolute atomic E-state index is 13.0. The molecule has 1 aromatic carbocycles. The van der Waals surface area contributed by atoms with Crippen LogP contribution in [0.2, 0.25) is 0 Å². The van der Waals surface area contributed by atoms with E-state index in [9.17, 15) is 31.5 Å². The molecule has 1 amide bonds. The van der Waals surface area contributed by atoms with Gasteiger partial charge in [0.15, 0.2) is 0 Å². The van der Waals surface area contributed by atoms with Crippen molar-refractivity contribution in [1.82, 2.24) is 5.32 Å². The second-order valence-corrected chi connectivity index (χ2v) is 6.45. The zero-order valence-corrected chi connectivity index (χ0v) is 12.8. The highest BCUT2D eigenvalue weighted by Crippen LogP contribution is 2.23. The topological polar surface area (TPSA) is 132 Å². The van der Waals surface area contributed by atoms with Crippen LogP contribution in [0.25, 0.3) is 10.4 Å². The van der Waals surface area contributed by atoms with E-state index < -0.39 is 51.8 Å². The van der Waals surface area contributed by atoms with E-state index in [1.165, 1.54) is 0 Å². The van der Waals surface area contributed by atoms with Gasteiger partial charge in [0.1, 0.15) is 19.3 Å². The molecule has 12 heteroatoms. The summed E-state index contributed by atoms with van der Waals surface area (Å²) < 4.78 is 60.4. The lowest BCUT2D eigenvalue weighted by Crippen LogP contribution is -2.42. The predicted molar refractivity (Wildman–Crippen MR) is 76.5 cm³/mol. The minimum Gasteiger partial charge on any atom is -0.386 e. The van der Waals surface area contributed by atoms with Crippen molar-refractivity contribution in [3.63, 3.8) is 0 Å². The second-order valence-electron chi connectivity index (χ2n) is 4.54. The lowest BCUT2D eigenvalue weighted by molar-refractivity contribution is -0.121. The van der Waals surface area contributed by atoms with Crippen molar-refractivity contribution in [2.24, 2.45) is 5.11 Å². The number of nitrogens with zero attached hydrogens (tertiary/aromatic N) is 3. The van der Waals surface area contributed by atoms with Crippen molar-refractivity contribution in [2.75, 3.05) is 13.2 Å². The van der Waals surface area contributed by atoms with Gasteiger partial charge in [0.25, 0.3) is 0 Å². The zero-order chi connectivity index (χ0) is 18.3. The van der Waals surface area contributed by atoms with Crippen molar-refractivity contribution in [1.29, 1.82) is 0 Å². The maximum Gasteiger partial charge on any atom is 0.341 e. The molecule has 1 aromatic rings. The fourth-order valence-electron chi connectivity index (χ4n) is 1.74. The monoisotopic (exact) mass is 366 g/mol. The number of benzene rings is 1. The quantitative estimate of drug-likeness (QED) is 0.410. The van der Waals surface area contributed by atoms with Gasteiger partial charge in [0.2, 0.25) is 15.7 Å². The number of alkyl halides is 3. The van der Waals surface area contributed by atoms with E-state index in [0.717, 1.165) is 24.3 Å². The molecule has 0 unspecified atom stereocenters. The van der Waals surface area contributed by atoms with E-state index in [4.69, 9.17) is 5.53 Å². The number of halogens is 3. The van der Waals surface area contributed by atoms with Crippen molar-refractivity contribution in [3.8, 4) is 0 Å². The molecule has 0 bridgehead atoms. The number of hydrogen-bond donors (Lipinski definition) is 2. The van der Waals surface area contributed by atoms with Crippen LogP contribution < -0.4 is 5.32 Å². The highest BCUT2D eigenvalue weighted by molar-refractivity contribution is 7.91. The number of aliphatic hydroxyl groups is 1. The molecular weight excluding hydrogens is 353 g/mol. The third-order valence-electron chi connectivity index (χ3n) is 2.96. The Bertz CT molecular complexity index is 720. The largest absolute Gasteiger partial charge is 0.386 e. The molecule has 2 atom stereocenters. The third kappa shape index (κ3) is 4.85. The van der Waals surface area contributed by atoms with E-state index in [0.29, 0.717) is 0 Å². The number of sulfone groups is 1. The average molecular weight is 366 g/mol. The first-order valence-electron chi connectivity index (χ1n) is 6.40. The summed E-state index contributed by atoms with van der Waals surface area (Å²) in [4.78, 5) is 13.0. The van der Waals surface area contributed by atoms with Gasteiger partial charge in [-0.1, -0.05) is 17.2 Å². The molecule has 0 saturated heterocycles. The molecule has 0 fully saturated rings. The summed E-state index contributed by atoms with van der Waals surface area (Å²) in [6.45, 7) is -1.76. The van der Waals surface area contributed by atoms with Crippen molar-refractivity contribution < 1.29 is 31.5 Å². The third-order valence-corrected chi connectivity index (χ3v) is 4.35. The van der Waals surface area contributed by atoms with Crippen LogP contribution in [0.3, 0.4) is 0 Å². The van der Waals surface area contributed by atoms with Crippen molar-refractivity contribution in [3.05, 3.63) is 40.3 Å². The standard InChI is InChI=1S/C12H13F3N4O4S/c13-5-9(18-10(20)6-17-19-16)11(21)7-1-3-8(4-2-7)24(22,23)12(14)15/h1-4,9,11-12,21H,5-6H2,(H,18,20)/t9-,11-/m1/s1. The van der Waals surface area contributed by atoms with E-state index in [1.807, 2.05) is 0 Å². The Balaban J connectivity index is 2.91. The van der Waals surface area contributed by atoms with Crippen LogP contribution in [0.5, 0.6) is 0 Å². The summed E-state index contributed by atoms with van der Waals surface area (Å²) in [6.07, 6.45) is -1.56. The number of carbonyl (C=O) groups excluding carboxylic acids is 1. The fourth-order valence-corrected chi connectivity index (χ4v) is 2.46. The van der Waals surface area contributed by atoms with Gasteiger partial charge >= 0.3 is 5.76 Å². The first kappa shape index (κ1) is 19.7. The van der Waals surface area contributed by atoms with Crippen LogP contribution in [0, 0.1) is 0 Å². The summed E-state index contributed by atoms with van der Waals surface area (Å²) in [5, 5.41) is 15.1. The first-order valence-corrected chi connectivity index (χ1v) is 7.95. The molecule has 0 aliphatic heterocycles. The number of nitrogens with one attached hydrogen (secondary N) is 1. The van der Waals surface area contributed by atoms with Crippen molar-refractivity contribution >= 4 is 15.7 Å². The van der Waals surface area contributed by atoms with Gasteiger partial charge in [-0.25, -0.2) is 12.8 Å². The Kier molecular flexibility index (Phi) is 7.01. The molecule has 0 aliphatic carbocycles. The minimum absolute atomic E-state index is 0.00921. The molecule has 0 radical (unpaired) electrons. The number of hydrogen-bond acceptors (Lipinski definition) is 5. The summed E-state index contributed by atoms with van der Waals surface area (Å²) in [7, 11) is -4.78. The molecule has 0 aliphatic rings. The number of azide groups is 1. The van der Waals surface area contributed by atoms with Gasteiger partial charge in [-0.05, 0) is 23.2 Å². The molecule has 0 aromatic heterocycles. The predicted octanol–water partition coefficient (Wildman–Crippen LogP) is 1.48. The molecule has 8 nitrogen and oxygen atoms in total. The SMILES string of the molecule is [N-]=[N+]=NCC(=O)N[C@H](CF)[C@H](O)c1ccc(S(=O)(=O)C(F)F)cc1. The van der Waals surface area contributed by atoms with Gasteiger partial charge in [-0.2, -0.15) is 8.78 Å². The lowest BCUT2D eigenvalue weighted by Gasteiger charge is -2.21. The zero-order valence-electron chi connectivity index (χ0n) is 12.0. The van der Waals surface area contributed by atoms with E-state index in [1.54, 1.807) is 0 Å². The van der Waals surface area contributed by atoms with Crippen LogP contribution >= 0.6 is 0 Å². The highest BCUT2D eigenvalue weighted by atomic mass is 32.2. The van der Waals surface area contributed by atoms with Gasteiger partial charge in [0.05, 0.1) is 10.9 Å². The second kappa shape index (κ2) is 8.52. The molecule has 132 valence electrons. The Hall–Kier alpha value is -2.30. The lowest BCUT2D eigenvalue weighted by atomic mass is 10.0. The molecule has 0 saturated carbocycles. The van der Waals surface area contributed by atoms with Gasteiger partial charge < -0.3 is 10.4 Å². The molecule has 0 heterocycles. The minimum atomic E-state index is -4.78. The number of rotatable bonds is 8. The number of carbonyl (C=O) groups is 1. The van der Waals surface area contributed by atoms with Crippen LogP contribution in [0.15, 0.2) is 34.3 Å². The smallest absolute Gasteiger partial charge is 0.341 e. The molecule has 1 rings (SSSR count). The van der Waals surface area contributed by atoms with E-state index >= 15 is 0 Å². The van der Waals surface area contributed by atoms with E-state index in [-0.39, 0.29) is 5.56 Å². The van der Waals surface area contributed by atoms with Gasteiger partial charge in [-0.3, -0.25) is 4.79 Å². The highest BCUT2D eigenvalue weighted by Gasteiger charge is 2.27. The molecular formula is C12H13F3N4O4S. The Morgan fingerprint density at radius 2 is 1.92 bits per heavy atom. The summed E-state index contributed by atoms with van der Waals surface area (Å²) in [5.41, 5.74) is 8.09. The summed E-state index contributed by atoms with van der Waals surface area (Å²) in [5.74, 6) is -4.42. The first-order chi connectivity index (χ1) is 11.2. The Labute approximate surface area is 134 Å². The van der Waals surface area contributed by atoms with Gasteiger partial charge in [0, 0.05) is 4.91 Å². The van der Waals surface area contributed by atoms with Crippen LogP contribution in [0.1, 0.15) is 11.7 Å². The fraction of sp³-hybridized carbons (Fsp3) is 0.417. The molecule has 24 heavy (non-hydrogen) atoms. The van der Waals surface area contributed by atoms with E-state index in [2.05, 4.69) is 15.3 Å². The summed E-state index contributed by atoms with van der Waals surface area (Å²) in [6, 6.07) is 2.36. The molecule has 0 spiro atoms. The van der Waals surface area contributed by atoms with Crippen LogP contribution in [-0.4, -0.2) is 44.5 Å². The number of aliphatic hydroxyl groups excluding tert-OH is 1. The normalized spacial score (nSPS) is 13.9. The van der Waals surface area contributed by atoms with Gasteiger partial charge in [-0.15, -0.1) is 0 Å². The van der Waals surface area contributed by atoms with Crippen LogP contribution in [0.4, 0.5) is 13.2 Å². The Morgan fingerprint density at radius 1 is 1.33 bits per heavy atom. The molecule has 2 N–H and O–H groups in total.